The molecule has 11 heavy (non-hydrogen) atoms. The molecule has 0 aromatic carbocycles. The molecular formula is C5H11N3O2S. The van der Waals surface area contributed by atoms with E-state index in [2.05, 4.69) is 10.0 Å². The van der Waals surface area contributed by atoms with E-state index in [9.17, 15) is 8.42 Å². The minimum atomic E-state index is -3.07. The third kappa shape index (κ3) is 9.20. The summed E-state index contributed by atoms with van der Waals surface area (Å²) in [4.78, 5) is 0. The molecule has 0 amide bonds. The van der Waals surface area contributed by atoms with E-state index in [1.54, 1.807) is 6.19 Å². The molecule has 0 saturated heterocycles. The van der Waals surface area contributed by atoms with E-state index in [-0.39, 0.29) is 0 Å². The molecule has 0 bridgehead atoms. The van der Waals surface area contributed by atoms with Gasteiger partial charge in [0.15, 0.2) is 6.19 Å². The molecule has 0 heterocycles. The van der Waals surface area contributed by atoms with Crippen LogP contribution < -0.4 is 10.0 Å². The highest BCUT2D eigenvalue weighted by Gasteiger charge is 1.97. The Kier molecular flexibility index (Phi) is 4.57. The van der Waals surface area contributed by atoms with Crippen LogP contribution in [0.3, 0.4) is 0 Å². The summed E-state index contributed by atoms with van der Waals surface area (Å²) in [5.41, 5.74) is 0. The number of hydrogen-bond donors (Lipinski definition) is 2. The molecule has 2 N–H and O–H groups in total. The summed E-state index contributed by atoms with van der Waals surface area (Å²) in [6.07, 6.45) is 3.45. The van der Waals surface area contributed by atoms with Crippen molar-refractivity contribution in [1.29, 1.82) is 5.26 Å². The minimum absolute atomic E-state index is 0.369. The summed E-state index contributed by atoms with van der Waals surface area (Å²) in [5, 5.41) is 10.4. The average molecular weight is 177 g/mol. The normalized spacial score (nSPS) is 10.5. The molecule has 0 aliphatic rings. The molecule has 0 saturated carbocycles. The SMILES string of the molecule is CS(=O)(=O)NCCCNC#N. The van der Waals surface area contributed by atoms with Crippen molar-refractivity contribution in [3.63, 3.8) is 0 Å². The predicted molar refractivity (Wildman–Crippen MR) is 41.1 cm³/mol. The molecule has 5 nitrogen and oxygen atoms in total. The van der Waals surface area contributed by atoms with Crippen molar-refractivity contribution in [1.82, 2.24) is 10.0 Å². The van der Waals surface area contributed by atoms with Crippen LogP contribution in [0.1, 0.15) is 6.42 Å². The van der Waals surface area contributed by atoms with Crippen LogP contribution in [-0.4, -0.2) is 27.8 Å². The molecule has 0 atom stereocenters. The molecule has 6 heteroatoms. The van der Waals surface area contributed by atoms with Crippen LogP contribution in [0.2, 0.25) is 0 Å². The highest BCUT2D eigenvalue weighted by molar-refractivity contribution is 7.88. The van der Waals surface area contributed by atoms with E-state index in [1.807, 2.05) is 0 Å². The average Bonchev–Trinajstić information content (AvgIpc) is 1.85. The second kappa shape index (κ2) is 4.93. The molecule has 0 aromatic heterocycles. The predicted octanol–water partition coefficient (Wildman–Crippen LogP) is -1.00. The Morgan fingerprint density at radius 2 is 2.09 bits per heavy atom. The number of hydrogen-bond acceptors (Lipinski definition) is 4. The molecule has 0 spiro atoms. The molecule has 0 aliphatic heterocycles. The van der Waals surface area contributed by atoms with E-state index < -0.39 is 10.0 Å². The monoisotopic (exact) mass is 177 g/mol. The van der Waals surface area contributed by atoms with E-state index in [0.29, 0.717) is 19.5 Å². The summed E-state index contributed by atoms with van der Waals surface area (Å²) in [6, 6.07) is 0. The van der Waals surface area contributed by atoms with Crippen LogP contribution in [0, 0.1) is 11.5 Å². The number of sulfonamides is 1. The van der Waals surface area contributed by atoms with Gasteiger partial charge in [0.05, 0.1) is 6.26 Å². The van der Waals surface area contributed by atoms with Crippen LogP contribution >= 0.6 is 0 Å². The van der Waals surface area contributed by atoms with E-state index in [0.717, 1.165) is 6.26 Å². The molecule has 0 rings (SSSR count). The molecule has 0 aliphatic carbocycles. The fraction of sp³-hybridized carbons (Fsp3) is 0.800. The number of nitrogens with one attached hydrogen (secondary N) is 2. The van der Waals surface area contributed by atoms with Gasteiger partial charge in [0.2, 0.25) is 10.0 Å². The fourth-order valence-corrected chi connectivity index (χ4v) is 1.01. The second-order valence-electron chi connectivity index (χ2n) is 2.06. The summed E-state index contributed by atoms with van der Waals surface area (Å²) in [5.74, 6) is 0. The first-order valence-electron chi connectivity index (χ1n) is 3.13. The summed E-state index contributed by atoms with van der Waals surface area (Å²) in [7, 11) is -3.07. The maximum absolute atomic E-state index is 10.5. The lowest BCUT2D eigenvalue weighted by Crippen LogP contribution is -2.25. The topological polar surface area (TPSA) is 82.0 Å². The quantitative estimate of drug-likeness (QED) is 0.320. The van der Waals surface area contributed by atoms with Crippen LogP contribution in [0.25, 0.3) is 0 Å². The lowest BCUT2D eigenvalue weighted by molar-refractivity contribution is 0.584. The van der Waals surface area contributed by atoms with E-state index in [4.69, 9.17) is 5.26 Å². The van der Waals surface area contributed by atoms with Crippen molar-refractivity contribution in [2.75, 3.05) is 19.3 Å². The van der Waals surface area contributed by atoms with Crippen molar-refractivity contribution < 1.29 is 8.42 Å². The van der Waals surface area contributed by atoms with Crippen LogP contribution in [0.5, 0.6) is 0 Å². The van der Waals surface area contributed by atoms with Crippen LogP contribution in [-0.2, 0) is 10.0 Å². The maximum atomic E-state index is 10.5. The van der Waals surface area contributed by atoms with Crippen molar-refractivity contribution in [3.8, 4) is 6.19 Å². The summed E-state index contributed by atoms with van der Waals surface area (Å²) < 4.78 is 23.2. The summed E-state index contributed by atoms with van der Waals surface area (Å²) >= 11 is 0. The second-order valence-corrected chi connectivity index (χ2v) is 3.89. The summed E-state index contributed by atoms with van der Waals surface area (Å²) in [6.45, 7) is 0.868. The van der Waals surface area contributed by atoms with Crippen LogP contribution in [0.4, 0.5) is 0 Å². The van der Waals surface area contributed by atoms with Crippen molar-refractivity contribution in [3.05, 3.63) is 0 Å². The highest BCUT2D eigenvalue weighted by Crippen LogP contribution is 1.76. The molecule has 64 valence electrons. The Morgan fingerprint density at radius 3 is 2.55 bits per heavy atom. The first kappa shape index (κ1) is 10.2. The van der Waals surface area contributed by atoms with E-state index >= 15 is 0 Å². The molecule has 0 fully saturated rings. The fourth-order valence-electron chi connectivity index (χ4n) is 0.490. The smallest absolute Gasteiger partial charge is 0.208 e. The van der Waals surface area contributed by atoms with Crippen molar-refractivity contribution in [2.24, 2.45) is 0 Å². The standard InChI is InChI=1S/C5H11N3O2S/c1-11(9,10)8-4-2-3-7-5-6/h7-8H,2-4H2,1H3. The molecule has 0 unspecified atom stereocenters. The Bertz CT molecular complexity index is 229. The largest absolute Gasteiger partial charge is 0.324 e. The lowest BCUT2D eigenvalue weighted by Gasteiger charge is -1.99. The number of nitriles is 1. The van der Waals surface area contributed by atoms with Gasteiger partial charge in [-0.25, -0.2) is 13.1 Å². The van der Waals surface area contributed by atoms with E-state index in [1.165, 1.54) is 0 Å². The third-order valence-electron chi connectivity index (χ3n) is 0.922. The highest BCUT2D eigenvalue weighted by atomic mass is 32.2. The van der Waals surface area contributed by atoms with Gasteiger partial charge in [-0.15, -0.1) is 0 Å². The Hall–Kier alpha value is -0.800. The van der Waals surface area contributed by atoms with Gasteiger partial charge in [0.25, 0.3) is 0 Å². The zero-order valence-corrected chi connectivity index (χ0v) is 7.11. The zero-order valence-electron chi connectivity index (χ0n) is 6.29. The molecular weight excluding hydrogens is 166 g/mol. The first-order valence-corrected chi connectivity index (χ1v) is 5.02. The van der Waals surface area contributed by atoms with Gasteiger partial charge in [0.1, 0.15) is 0 Å². The van der Waals surface area contributed by atoms with Gasteiger partial charge in [0, 0.05) is 13.1 Å². The van der Waals surface area contributed by atoms with Gasteiger partial charge >= 0.3 is 0 Å². The van der Waals surface area contributed by atoms with Gasteiger partial charge in [-0.1, -0.05) is 0 Å². The van der Waals surface area contributed by atoms with Crippen molar-refractivity contribution >= 4 is 10.0 Å². The lowest BCUT2D eigenvalue weighted by atomic mass is 10.4. The van der Waals surface area contributed by atoms with Crippen LogP contribution in [0.15, 0.2) is 0 Å². The maximum Gasteiger partial charge on any atom is 0.208 e. The van der Waals surface area contributed by atoms with Gasteiger partial charge in [-0.05, 0) is 6.42 Å². The minimum Gasteiger partial charge on any atom is -0.324 e. The Morgan fingerprint density at radius 1 is 1.45 bits per heavy atom. The number of nitrogens with zero attached hydrogens (tertiary/aromatic N) is 1. The van der Waals surface area contributed by atoms with Gasteiger partial charge < -0.3 is 5.32 Å². The first-order chi connectivity index (χ1) is 5.06. The molecule has 0 radical (unpaired) electrons. The van der Waals surface area contributed by atoms with Gasteiger partial charge in [-0.2, -0.15) is 5.26 Å². The Balaban J connectivity index is 3.24. The third-order valence-corrected chi connectivity index (χ3v) is 1.65. The zero-order chi connectivity index (χ0) is 8.74. The van der Waals surface area contributed by atoms with Crippen molar-refractivity contribution in [2.45, 2.75) is 6.42 Å². The number of rotatable bonds is 5. The Labute approximate surface area is 66.5 Å². The van der Waals surface area contributed by atoms with Gasteiger partial charge in [-0.3, -0.25) is 0 Å². The molecule has 0 aromatic rings.